The van der Waals surface area contributed by atoms with Crippen molar-refractivity contribution in [2.24, 2.45) is 5.73 Å². The first-order valence-electron chi connectivity index (χ1n) is 10.6. The highest BCUT2D eigenvalue weighted by Gasteiger charge is 2.54. The summed E-state index contributed by atoms with van der Waals surface area (Å²) in [4.78, 5) is 49.2. The Bertz CT molecular complexity index is 1410. The average molecular weight is 585 g/mol. The third kappa shape index (κ3) is 5.99. The van der Waals surface area contributed by atoms with Crippen molar-refractivity contribution in [1.82, 2.24) is 20.4 Å². The molecule has 2 aliphatic rings. The minimum atomic E-state index is -4.36. The summed E-state index contributed by atoms with van der Waals surface area (Å²) in [5, 5.41) is 21.3. The summed E-state index contributed by atoms with van der Waals surface area (Å²) >= 11 is 2.20. The first-order valence-corrected chi connectivity index (χ1v) is 14.3. The van der Waals surface area contributed by atoms with Gasteiger partial charge in [0.1, 0.15) is 23.2 Å². The summed E-state index contributed by atoms with van der Waals surface area (Å²) < 4.78 is 35.9. The van der Waals surface area contributed by atoms with Crippen LogP contribution in [0.1, 0.15) is 17.5 Å². The maximum Gasteiger partial charge on any atom is 0.352 e. The molecule has 0 radical (unpaired) electrons. The van der Waals surface area contributed by atoms with E-state index in [2.05, 4.69) is 20.8 Å². The van der Waals surface area contributed by atoms with Crippen molar-refractivity contribution in [3.8, 4) is 0 Å². The number of amides is 3. The molecule has 15 nitrogen and oxygen atoms in total. The normalized spacial score (nSPS) is 19.8. The van der Waals surface area contributed by atoms with Crippen molar-refractivity contribution in [2.45, 2.75) is 28.4 Å². The first kappa shape index (κ1) is 27.6. The van der Waals surface area contributed by atoms with Crippen molar-refractivity contribution in [3.63, 3.8) is 0 Å². The summed E-state index contributed by atoms with van der Waals surface area (Å²) in [5.74, 6) is -3.48. The third-order valence-corrected chi connectivity index (χ3v) is 8.31. The summed E-state index contributed by atoms with van der Waals surface area (Å²) in [5.41, 5.74) is 7.15. The van der Waals surface area contributed by atoms with Crippen LogP contribution in [-0.2, 0) is 35.0 Å². The number of hydrogen-bond acceptors (Lipinski definition) is 12. The number of thioether (sulfide) groups is 2. The Kier molecular flexibility index (Phi) is 8.07. The number of carbonyl (C=O) groups excluding carboxylic acids is 3. The van der Waals surface area contributed by atoms with Gasteiger partial charge in [-0.2, -0.15) is 8.42 Å². The topological polar surface area (TPSA) is 235 Å². The molecule has 3 heterocycles. The lowest BCUT2D eigenvalue weighted by molar-refractivity contribution is -0.150. The van der Waals surface area contributed by atoms with E-state index in [0.717, 1.165) is 16.7 Å². The molecule has 1 fully saturated rings. The monoisotopic (exact) mass is 584 g/mol. The van der Waals surface area contributed by atoms with Gasteiger partial charge in [-0.3, -0.25) is 23.8 Å². The molecule has 1 aromatic carbocycles. The molecule has 3 atom stereocenters. The molecule has 0 saturated carbocycles. The van der Waals surface area contributed by atoms with Crippen LogP contribution in [-0.4, -0.2) is 80.3 Å². The third-order valence-electron chi connectivity index (χ3n) is 5.45. The fourth-order valence-corrected chi connectivity index (χ4v) is 6.40. The summed E-state index contributed by atoms with van der Waals surface area (Å²) in [6, 6.07) is 4.18. The van der Waals surface area contributed by atoms with E-state index in [4.69, 9.17) is 14.7 Å². The van der Waals surface area contributed by atoms with E-state index in [1.54, 1.807) is 24.3 Å². The van der Waals surface area contributed by atoms with Crippen molar-refractivity contribution in [2.75, 3.05) is 16.8 Å². The van der Waals surface area contributed by atoms with E-state index in [0.29, 0.717) is 23.2 Å². The maximum absolute atomic E-state index is 12.9. The highest BCUT2D eigenvalue weighted by Crippen LogP contribution is 2.41. The molecule has 0 bridgehead atoms. The molecule has 0 spiro atoms. The summed E-state index contributed by atoms with van der Waals surface area (Å²) in [6.07, 6.45) is 0.510. The van der Waals surface area contributed by atoms with Crippen LogP contribution in [0.3, 0.4) is 0 Å². The smallest absolute Gasteiger partial charge is 0.352 e. The first-order chi connectivity index (χ1) is 18.0. The minimum absolute atomic E-state index is 0.0444. The van der Waals surface area contributed by atoms with Crippen molar-refractivity contribution in [1.29, 1.82) is 0 Å². The van der Waals surface area contributed by atoms with E-state index in [1.165, 1.54) is 11.8 Å². The Balaban J connectivity index is 1.41. The number of carboxylic acid groups (broad SMARTS) is 1. The van der Waals surface area contributed by atoms with Crippen LogP contribution in [0.15, 0.2) is 45.2 Å². The number of β-lactam (4-membered cyclic amide) rings is 1. The van der Waals surface area contributed by atoms with Crippen LogP contribution in [0.25, 0.3) is 0 Å². The van der Waals surface area contributed by atoms with Crippen LogP contribution in [0.2, 0.25) is 0 Å². The van der Waals surface area contributed by atoms with Gasteiger partial charge in [0, 0.05) is 17.2 Å². The van der Waals surface area contributed by atoms with Gasteiger partial charge in [-0.1, -0.05) is 23.9 Å². The van der Waals surface area contributed by atoms with Gasteiger partial charge < -0.3 is 25.9 Å². The molecular formula is C20H20N6O9S3. The summed E-state index contributed by atoms with van der Waals surface area (Å²) in [6.45, 7) is 0. The standard InChI is InChI=1S/C20H20N6O9S3/c21-13(9-1-3-11(4-2-9)22-8-27)16(28)23-14-17(29)26-15(19(30)31)10(5-36-18(14)26)6-37-20-25-24-12(35-20)7-38(32,33)34/h1-4,8,13-14,18H,5-7,21H2,(H,22,27)(H,23,28)(H,30,31)(H,32,33,34)/t13?,14?,18-/m0/s1. The van der Waals surface area contributed by atoms with E-state index in [-0.39, 0.29) is 28.3 Å². The molecule has 2 aromatic rings. The lowest BCUT2D eigenvalue weighted by atomic mass is 10.0. The second-order valence-electron chi connectivity index (χ2n) is 7.99. The second kappa shape index (κ2) is 11.1. The molecule has 202 valence electrons. The molecule has 1 aromatic heterocycles. The van der Waals surface area contributed by atoms with E-state index in [1.807, 2.05) is 0 Å². The van der Waals surface area contributed by atoms with Gasteiger partial charge >= 0.3 is 5.97 Å². The number of carbonyl (C=O) groups is 4. The Labute approximate surface area is 223 Å². The predicted molar refractivity (Wildman–Crippen MR) is 133 cm³/mol. The molecule has 18 heteroatoms. The average Bonchev–Trinajstić information content (AvgIpc) is 3.30. The van der Waals surface area contributed by atoms with Gasteiger partial charge in [-0.15, -0.1) is 22.0 Å². The number of fused-ring (bicyclic) bond motifs is 1. The zero-order chi connectivity index (χ0) is 27.6. The van der Waals surface area contributed by atoms with Crippen molar-refractivity contribution >= 4 is 63.5 Å². The van der Waals surface area contributed by atoms with Crippen LogP contribution < -0.4 is 16.4 Å². The SMILES string of the molecule is NC(C(=O)NC1C(=O)N2C(C(=O)O)=C(CSc3nnc(CS(=O)(=O)O)o3)CS[C@@H]12)c1ccc(NC=O)cc1. The Morgan fingerprint density at radius 2 is 2.03 bits per heavy atom. The number of hydrogen-bond donors (Lipinski definition) is 5. The van der Waals surface area contributed by atoms with E-state index < -0.39 is 51.1 Å². The molecule has 0 aliphatic carbocycles. The number of aromatic nitrogens is 2. The Hall–Kier alpha value is -3.45. The van der Waals surface area contributed by atoms with Crippen LogP contribution in [0.4, 0.5) is 5.69 Å². The summed E-state index contributed by atoms with van der Waals surface area (Å²) in [7, 11) is -4.36. The maximum atomic E-state index is 12.9. The zero-order valence-electron chi connectivity index (χ0n) is 19.1. The van der Waals surface area contributed by atoms with Gasteiger partial charge in [-0.25, -0.2) is 4.79 Å². The molecule has 38 heavy (non-hydrogen) atoms. The van der Waals surface area contributed by atoms with Crippen LogP contribution in [0, 0.1) is 0 Å². The van der Waals surface area contributed by atoms with Gasteiger partial charge in [-0.05, 0) is 23.3 Å². The lowest BCUT2D eigenvalue weighted by Gasteiger charge is -2.49. The highest BCUT2D eigenvalue weighted by molar-refractivity contribution is 8.01. The van der Waals surface area contributed by atoms with Crippen molar-refractivity contribution < 1.29 is 41.7 Å². The fraction of sp³-hybridized carbons (Fsp3) is 0.300. The quantitative estimate of drug-likeness (QED) is 0.0974. The van der Waals surface area contributed by atoms with Crippen molar-refractivity contribution in [3.05, 3.63) is 47.0 Å². The van der Waals surface area contributed by atoms with Gasteiger partial charge in [0.25, 0.3) is 21.2 Å². The van der Waals surface area contributed by atoms with Gasteiger partial charge in [0.05, 0.1) is 0 Å². The Morgan fingerprint density at radius 1 is 1.32 bits per heavy atom. The fourth-order valence-electron chi connectivity index (χ4n) is 3.70. The van der Waals surface area contributed by atoms with E-state index >= 15 is 0 Å². The lowest BCUT2D eigenvalue weighted by Crippen LogP contribution is -2.71. The number of aliphatic carboxylic acids is 1. The molecule has 6 N–H and O–H groups in total. The number of nitrogens with one attached hydrogen (secondary N) is 2. The number of anilines is 1. The molecule has 2 aliphatic heterocycles. The molecule has 1 saturated heterocycles. The van der Waals surface area contributed by atoms with E-state index in [9.17, 15) is 32.7 Å². The van der Waals surface area contributed by atoms with Gasteiger partial charge in [0.15, 0.2) is 5.75 Å². The predicted octanol–water partition coefficient (Wildman–Crippen LogP) is -0.444. The Morgan fingerprint density at radius 3 is 2.66 bits per heavy atom. The largest absolute Gasteiger partial charge is 0.477 e. The molecular weight excluding hydrogens is 564 g/mol. The van der Waals surface area contributed by atoms with Gasteiger partial charge in [0.2, 0.25) is 18.2 Å². The van der Waals surface area contributed by atoms with Crippen LogP contribution >= 0.6 is 23.5 Å². The second-order valence-corrected chi connectivity index (χ2v) is 11.5. The molecule has 4 rings (SSSR count). The highest BCUT2D eigenvalue weighted by atomic mass is 32.2. The number of carboxylic acids is 1. The number of nitrogens with two attached hydrogens (primary N) is 1. The van der Waals surface area contributed by atoms with Crippen LogP contribution in [0.5, 0.6) is 0 Å². The molecule has 2 unspecified atom stereocenters. The minimum Gasteiger partial charge on any atom is -0.477 e. The number of benzene rings is 1. The molecule has 3 amide bonds. The number of nitrogens with zero attached hydrogens (tertiary/aromatic N) is 3. The number of rotatable bonds is 11. The zero-order valence-corrected chi connectivity index (χ0v) is 21.6.